The Morgan fingerprint density at radius 2 is 2.29 bits per heavy atom. The standard InChI is InChI=1S/C9H16N2O3/c1-9(2,3)14-8(12)10-7-4-5-11(13)6-7/h6-7H,4-5H2,1-3H3,(H,10,12)/t7-/m0/s1. The Labute approximate surface area is 83.3 Å². The van der Waals surface area contributed by atoms with Crippen molar-refractivity contribution in [2.45, 2.75) is 38.8 Å². The number of nitrogens with zero attached hydrogens (tertiary/aromatic N) is 1. The number of nitrogens with one attached hydrogen (secondary N) is 1. The first-order valence-electron chi connectivity index (χ1n) is 4.65. The molecule has 0 saturated carbocycles. The SMILES string of the molecule is CC(C)(C)OC(=O)N[C@@H]1C=[N+]([O-])CC1. The number of amides is 1. The molecule has 0 spiro atoms. The molecule has 1 N–H and O–H groups in total. The molecule has 0 aliphatic carbocycles. The van der Waals surface area contributed by atoms with Crippen LogP contribution in [-0.2, 0) is 4.74 Å². The fourth-order valence-corrected chi connectivity index (χ4v) is 1.18. The fourth-order valence-electron chi connectivity index (χ4n) is 1.18. The topological polar surface area (TPSA) is 64.4 Å². The molecule has 5 nitrogen and oxygen atoms in total. The second kappa shape index (κ2) is 3.86. The van der Waals surface area contributed by atoms with Crippen LogP contribution in [0.5, 0.6) is 0 Å². The van der Waals surface area contributed by atoms with Gasteiger partial charge in [-0.05, 0) is 20.8 Å². The summed E-state index contributed by atoms with van der Waals surface area (Å²) in [6, 6.07) is -0.192. The summed E-state index contributed by atoms with van der Waals surface area (Å²) in [6.07, 6.45) is 1.61. The normalized spacial score (nSPS) is 21.6. The van der Waals surface area contributed by atoms with E-state index >= 15 is 0 Å². The molecule has 0 fully saturated rings. The maximum Gasteiger partial charge on any atom is 0.408 e. The van der Waals surface area contributed by atoms with Crippen molar-refractivity contribution < 1.29 is 14.3 Å². The molecule has 1 amide bonds. The molecule has 0 unspecified atom stereocenters. The lowest BCUT2D eigenvalue weighted by molar-refractivity contribution is -0.443. The summed E-state index contributed by atoms with van der Waals surface area (Å²) in [5.74, 6) is 0. The van der Waals surface area contributed by atoms with Crippen LogP contribution in [0, 0.1) is 5.21 Å². The van der Waals surface area contributed by atoms with E-state index in [9.17, 15) is 10.0 Å². The summed E-state index contributed by atoms with van der Waals surface area (Å²) < 4.78 is 5.87. The predicted molar refractivity (Wildman–Crippen MR) is 52.3 cm³/mol. The molecule has 0 bridgehead atoms. The number of carbonyl (C=O) groups is 1. The van der Waals surface area contributed by atoms with Gasteiger partial charge in [0, 0.05) is 6.42 Å². The van der Waals surface area contributed by atoms with Crippen LogP contribution in [0.15, 0.2) is 0 Å². The lowest BCUT2D eigenvalue weighted by atomic mass is 10.2. The third-order valence-corrected chi connectivity index (χ3v) is 1.71. The predicted octanol–water partition coefficient (Wildman–Crippen LogP) is 0.864. The third-order valence-electron chi connectivity index (χ3n) is 1.71. The minimum Gasteiger partial charge on any atom is -0.624 e. The highest BCUT2D eigenvalue weighted by Gasteiger charge is 2.23. The maximum absolute atomic E-state index is 11.2. The maximum atomic E-state index is 11.2. The lowest BCUT2D eigenvalue weighted by Crippen LogP contribution is -2.39. The molecule has 1 rings (SSSR count). The smallest absolute Gasteiger partial charge is 0.408 e. The van der Waals surface area contributed by atoms with Crippen molar-refractivity contribution in [3.05, 3.63) is 5.21 Å². The van der Waals surface area contributed by atoms with E-state index in [1.54, 1.807) is 20.8 Å². The van der Waals surface area contributed by atoms with Crippen molar-refractivity contribution in [3.8, 4) is 0 Å². The van der Waals surface area contributed by atoms with Crippen LogP contribution < -0.4 is 5.32 Å². The number of ether oxygens (including phenoxy) is 1. The van der Waals surface area contributed by atoms with E-state index in [1.807, 2.05) is 0 Å². The molecule has 0 radical (unpaired) electrons. The number of hydrogen-bond acceptors (Lipinski definition) is 3. The van der Waals surface area contributed by atoms with Crippen LogP contribution in [-0.4, -0.2) is 35.2 Å². The molecule has 5 heteroatoms. The first kappa shape index (κ1) is 10.8. The molecule has 0 aromatic heterocycles. The zero-order valence-electron chi connectivity index (χ0n) is 8.74. The molecular weight excluding hydrogens is 184 g/mol. The van der Waals surface area contributed by atoms with Crippen molar-refractivity contribution in [2.75, 3.05) is 6.54 Å². The molecule has 14 heavy (non-hydrogen) atoms. The van der Waals surface area contributed by atoms with Crippen LogP contribution in [0.2, 0.25) is 0 Å². The van der Waals surface area contributed by atoms with Crippen molar-refractivity contribution in [1.29, 1.82) is 0 Å². The third kappa shape index (κ3) is 3.64. The summed E-state index contributed by atoms with van der Waals surface area (Å²) in [6.45, 7) is 5.82. The molecule has 0 aromatic carbocycles. The van der Waals surface area contributed by atoms with E-state index < -0.39 is 11.7 Å². The summed E-state index contributed by atoms with van der Waals surface area (Å²) in [4.78, 5) is 11.2. The number of carbonyl (C=O) groups excluding carboxylic acids is 1. The van der Waals surface area contributed by atoms with Gasteiger partial charge in [-0.3, -0.25) is 0 Å². The van der Waals surface area contributed by atoms with Gasteiger partial charge in [-0.25, -0.2) is 9.53 Å². The van der Waals surface area contributed by atoms with E-state index in [0.717, 1.165) is 4.74 Å². The average molecular weight is 200 g/mol. The molecule has 1 atom stereocenters. The second-order valence-electron chi connectivity index (χ2n) is 4.33. The van der Waals surface area contributed by atoms with Crippen molar-refractivity contribution in [3.63, 3.8) is 0 Å². The molecule has 1 heterocycles. The number of hydrogen-bond donors (Lipinski definition) is 1. The van der Waals surface area contributed by atoms with Gasteiger partial charge in [-0.15, -0.1) is 0 Å². The van der Waals surface area contributed by atoms with Crippen LogP contribution in [0.25, 0.3) is 0 Å². The quantitative estimate of drug-likeness (QED) is 0.504. The molecule has 0 saturated heterocycles. The van der Waals surface area contributed by atoms with Gasteiger partial charge in [-0.2, -0.15) is 0 Å². The highest BCUT2D eigenvalue weighted by Crippen LogP contribution is 2.07. The van der Waals surface area contributed by atoms with Gasteiger partial charge >= 0.3 is 6.09 Å². The largest absolute Gasteiger partial charge is 0.624 e. The van der Waals surface area contributed by atoms with E-state index in [2.05, 4.69) is 5.32 Å². The average Bonchev–Trinajstić information content (AvgIpc) is 2.30. The molecule has 0 aromatic rings. The molecule has 80 valence electrons. The number of hydroxylamine groups is 1. The van der Waals surface area contributed by atoms with E-state index in [4.69, 9.17) is 4.74 Å². The van der Waals surface area contributed by atoms with Gasteiger partial charge < -0.3 is 15.3 Å². The second-order valence-corrected chi connectivity index (χ2v) is 4.33. The Morgan fingerprint density at radius 1 is 1.64 bits per heavy atom. The summed E-state index contributed by atoms with van der Waals surface area (Å²) in [7, 11) is 0. The van der Waals surface area contributed by atoms with E-state index in [-0.39, 0.29) is 6.04 Å². The first-order chi connectivity index (χ1) is 6.37. The van der Waals surface area contributed by atoms with E-state index in [1.165, 1.54) is 6.21 Å². The Kier molecular flexibility index (Phi) is 2.98. The van der Waals surface area contributed by atoms with Gasteiger partial charge in [0.05, 0.1) is 0 Å². The highest BCUT2D eigenvalue weighted by molar-refractivity contribution is 5.74. The molecule has 1 aliphatic rings. The van der Waals surface area contributed by atoms with Gasteiger partial charge in [0.15, 0.2) is 12.8 Å². The minimum atomic E-state index is -0.500. The van der Waals surface area contributed by atoms with Crippen molar-refractivity contribution in [1.82, 2.24) is 5.32 Å². The zero-order valence-corrected chi connectivity index (χ0v) is 8.74. The monoisotopic (exact) mass is 200 g/mol. The van der Waals surface area contributed by atoms with Crippen LogP contribution in [0.1, 0.15) is 27.2 Å². The summed E-state index contributed by atoms with van der Waals surface area (Å²) in [5.41, 5.74) is -0.500. The Bertz CT molecular complexity index is 255. The Balaban J connectivity index is 2.35. The van der Waals surface area contributed by atoms with Gasteiger partial charge in [0.25, 0.3) is 0 Å². The van der Waals surface area contributed by atoms with Crippen LogP contribution >= 0.6 is 0 Å². The fraction of sp³-hybridized carbons (Fsp3) is 0.778. The van der Waals surface area contributed by atoms with Gasteiger partial charge in [-0.1, -0.05) is 0 Å². The Morgan fingerprint density at radius 3 is 2.71 bits per heavy atom. The van der Waals surface area contributed by atoms with Gasteiger partial charge in [0.1, 0.15) is 11.6 Å². The summed E-state index contributed by atoms with van der Waals surface area (Å²) in [5, 5.41) is 13.4. The van der Waals surface area contributed by atoms with Crippen LogP contribution in [0.3, 0.4) is 0 Å². The first-order valence-corrected chi connectivity index (χ1v) is 4.65. The minimum absolute atomic E-state index is 0.192. The zero-order chi connectivity index (χ0) is 10.8. The molecule has 1 aliphatic heterocycles. The lowest BCUT2D eigenvalue weighted by Gasteiger charge is -2.20. The van der Waals surface area contributed by atoms with Crippen LogP contribution in [0.4, 0.5) is 4.79 Å². The van der Waals surface area contributed by atoms with Crippen molar-refractivity contribution >= 4 is 12.3 Å². The number of rotatable bonds is 1. The summed E-state index contributed by atoms with van der Waals surface area (Å²) >= 11 is 0. The molecular formula is C9H16N2O3. The van der Waals surface area contributed by atoms with Gasteiger partial charge in [0.2, 0.25) is 0 Å². The Hall–Kier alpha value is -1.26. The van der Waals surface area contributed by atoms with Crippen molar-refractivity contribution in [2.24, 2.45) is 0 Å². The number of alkyl carbamates (subject to hydrolysis) is 1. The van der Waals surface area contributed by atoms with E-state index in [0.29, 0.717) is 13.0 Å². The highest BCUT2D eigenvalue weighted by atomic mass is 16.6.